The highest BCUT2D eigenvalue weighted by molar-refractivity contribution is 6.30. The van der Waals surface area contributed by atoms with Crippen LogP contribution in [0.5, 0.6) is 0 Å². The summed E-state index contributed by atoms with van der Waals surface area (Å²) in [5, 5.41) is 14.8. The van der Waals surface area contributed by atoms with Crippen molar-refractivity contribution in [1.29, 1.82) is 5.26 Å². The molecule has 3 aromatic rings. The highest BCUT2D eigenvalue weighted by Crippen LogP contribution is 2.12. The van der Waals surface area contributed by atoms with Crippen molar-refractivity contribution < 1.29 is 4.79 Å². The predicted molar refractivity (Wildman–Crippen MR) is 87.2 cm³/mol. The van der Waals surface area contributed by atoms with Gasteiger partial charge in [0.1, 0.15) is 5.65 Å². The number of amides is 2. The van der Waals surface area contributed by atoms with E-state index in [4.69, 9.17) is 16.9 Å². The lowest BCUT2D eigenvalue weighted by Crippen LogP contribution is -2.28. The first-order valence-corrected chi connectivity index (χ1v) is 7.20. The lowest BCUT2D eigenvalue weighted by Gasteiger charge is -2.06. The van der Waals surface area contributed by atoms with Gasteiger partial charge >= 0.3 is 6.03 Å². The molecule has 0 unspecified atom stereocenters. The third kappa shape index (κ3) is 3.59. The molecule has 0 atom stereocenters. The Kier molecular flexibility index (Phi) is 4.13. The molecular weight excluding hydrogens is 314 g/mol. The van der Waals surface area contributed by atoms with Crippen LogP contribution in [0.15, 0.2) is 48.8 Å². The second-order valence-electron chi connectivity index (χ2n) is 4.84. The second-order valence-corrected chi connectivity index (χ2v) is 5.28. The summed E-state index contributed by atoms with van der Waals surface area (Å²) in [6.45, 7) is 0.293. The Bertz CT molecular complexity index is 895. The van der Waals surface area contributed by atoms with Gasteiger partial charge in [-0.2, -0.15) is 5.26 Å². The van der Waals surface area contributed by atoms with Gasteiger partial charge in [-0.3, -0.25) is 0 Å². The number of rotatable bonds is 3. The minimum absolute atomic E-state index is 0.293. The van der Waals surface area contributed by atoms with Gasteiger partial charge < -0.3 is 15.0 Å². The van der Waals surface area contributed by atoms with Gasteiger partial charge in [0.25, 0.3) is 0 Å². The molecule has 0 saturated heterocycles. The van der Waals surface area contributed by atoms with Crippen molar-refractivity contribution in [2.45, 2.75) is 6.54 Å². The highest BCUT2D eigenvalue weighted by atomic mass is 35.5. The maximum atomic E-state index is 11.9. The number of hydrogen-bond donors (Lipinski definition) is 2. The quantitative estimate of drug-likeness (QED) is 0.776. The van der Waals surface area contributed by atoms with Crippen LogP contribution in [0.3, 0.4) is 0 Å². The molecule has 6 nitrogen and oxygen atoms in total. The summed E-state index contributed by atoms with van der Waals surface area (Å²) >= 11 is 5.92. The number of benzene rings is 1. The number of nitrogens with zero attached hydrogens (tertiary/aromatic N) is 3. The maximum Gasteiger partial charge on any atom is 0.319 e. The van der Waals surface area contributed by atoms with Gasteiger partial charge in [0.05, 0.1) is 28.9 Å². The second kappa shape index (κ2) is 6.38. The Balaban J connectivity index is 1.60. The summed E-state index contributed by atoms with van der Waals surface area (Å²) < 4.78 is 1.80. The van der Waals surface area contributed by atoms with Crippen molar-refractivity contribution in [1.82, 2.24) is 14.7 Å². The summed E-state index contributed by atoms with van der Waals surface area (Å²) in [5.74, 6) is 0. The third-order valence-electron chi connectivity index (χ3n) is 3.17. The largest absolute Gasteiger partial charge is 0.332 e. The highest BCUT2D eigenvalue weighted by Gasteiger charge is 2.05. The maximum absolute atomic E-state index is 11.9. The number of pyridine rings is 1. The first kappa shape index (κ1) is 14.9. The third-order valence-corrected chi connectivity index (χ3v) is 3.39. The number of carbonyl (C=O) groups is 1. The molecule has 0 radical (unpaired) electrons. The van der Waals surface area contributed by atoms with E-state index in [0.717, 1.165) is 11.3 Å². The number of halogens is 1. The molecule has 0 aliphatic rings. The predicted octanol–water partition coefficient (Wildman–Crippen LogP) is 3.18. The average molecular weight is 326 g/mol. The van der Waals surface area contributed by atoms with E-state index in [0.29, 0.717) is 22.8 Å². The van der Waals surface area contributed by atoms with Crippen LogP contribution in [0.4, 0.5) is 10.5 Å². The van der Waals surface area contributed by atoms with Gasteiger partial charge in [0.15, 0.2) is 0 Å². The number of nitrogens with one attached hydrogen (secondary N) is 2. The molecule has 1 aromatic carbocycles. The summed E-state index contributed by atoms with van der Waals surface area (Å²) in [6, 6.07) is 11.9. The molecule has 0 saturated carbocycles. The fourth-order valence-electron chi connectivity index (χ4n) is 2.08. The standard InChI is InChI=1S/C16H12ClN5O/c17-12-3-6-15-20-14(10-22(15)9-12)8-19-16(23)21-13-4-1-11(7-18)2-5-13/h1-6,9-10H,8H2,(H2,19,21,23). The van der Waals surface area contributed by atoms with Gasteiger partial charge in [-0.15, -0.1) is 0 Å². The Morgan fingerprint density at radius 3 is 2.74 bits per heavy atom. The Morgan fingerprint density at radius 1 is 1.22 bits per heavy atom. The lowest BCUT2D eigenvalue weighted by atomic mass is 10.2. The first-order chi connectivity index (χ1) is 11.1. The van der Waals surface area contributed by atoms with Crippen LogP contribution in [0.2, 0.25) is 5.02 Å². The minimum atomic E-state index is -0.343. The number of carbonyl (C=O) groups excluding carboxylic acids is 1. The van der Waals surface area contributed by atoms with E-state index in [1.807, 2.05) is 18.3 Å². The summed E-state index contributed by atoms with van der Waals surface area (Å²) in [7, 11) is 0. The molecule has 0 bridgehead atoms. The Hall–Kier alpha value is -3.04. The van der Waals surface area contributed by atoms with Crippen molar-refractivity contribution >= 4 is 29.0 Å². The van der Waals surface area contributed by atoms with E-state index in [2.05, 4.69) is 15.6 Å². The molecule has 114 valence electrons. The van der Waals surface area contributed by atoms with E-state index >= 15 is 0 Å². The van der Waals surface area contributed by atoms with Crippen LogP contribution >= 0.6 is 11.6 Å². The van der Waals surface area contributed by atoms with Gasteiger partial charge in [-0.25, -0.2) is 9.78 Å². The molecular formula is C16H12ClN5O. The van der Waals surface area contributed by atoms with E-state index in [9.17, 15) is 4.79 Å². The van der Waals surface area contributed by atoms with E-state index in [1.54, 1.807) is 40.9 Å². The Labute approximate surface area is 137 Å². The number of fused-ring (bicyclic) bond motifs is 1. The molecule has 0 spiro atoms. The van der Waals surface area contributed by atoms with Crippen LogP contribution in [-0.2, 0) is 6.54 Å². The number of anilines is 1. The summed E-state index contributed by atoms with van der Waals surface area (Å²) in [6.07, 6.45) is 3.56. The van der Waals surface area contributed by atoms with Gasteiger partial charge in [-0.05, 0) is 36.4 Å². The van der Waals surface area contributed by atoms with Crippen molar-refractivity contribution in [3.05, 3.63) is 65.1 Å². The topological polar surface area (TPSA) is 82.2 Å². The van der Waals surface area contributed by atoms with E-state index in [1.165, 1.54) is 0 Å². The number of hydrogen-bond acceptors (Lipinski definition) is 3. The van der Waals surface area contributed by atoms with Crippen LogP contribution < -0.4 is 10.6 Å². The fraction of sp³-hybridized carbons (Fsp3) is 0.0625. The molecule has 0 fully saturated rings. The number of nitriles is 1. The first-order valence-electron chi connectivity index (χ1n) is 6.82. The molecule has 3 rings (SSSR count). The SMILES string of the molecule is N#Cc1ccc(NC(=O)NCc2cn3cc(Cl)ccc3n2)cc1. The van der Waals surface area contributed by atoms with Gasteiger partial charge in [0.2, 0.25) is 0 Å². The van der Waals surface area contributed by atoms with Crippen molar-refractivity contribution in [3.63, 3.8) is 0 Å². The molecule has 23 heavy (non-hydrogen) atoms. The molecule has 2 N–H and O–H groups in total. The molecule has 7 heteroatoms. The average Bonchev–Trinajstić information content (AvgIpc) is 2.95. The normalized spacial score (nSPS) is 10.3. The van der Waals surface area contributed by atoms with Crippen LogP contribution in [-0.4, -0.2) is 15.4 Å². The monoisotopic (exact) mass is 325 g/mol. The lowest BCUT2D eigenvalue weighted by molar-refractivity contribution is 0.251. The molecule has 2 aromatic heterocycles. The van der Waals surface area contributed by atoms with Crippen molar-refractivity contribution in [3.8, 4) is 6.07 Å². The molecule has 2 heterocycles. The fourth-order valence-corrected chi connectivity index (χ4v) is 2.24. The number of imidazole rings is 1. The summed E-state index contributed by atoms with van der Waals surface area (Å²) in [5.41, 5.74) is 2.64. The minimum Gasteiger partial charge on any atom is -0.332 e. The Morgan fingerprint density at radius 2 is 2.00 bits per heavy atom. The van der Waals surface area contributed by atoms with Crippen molar-refractivity contribution in [2.24, 2.45) is 0 Å². The number of urea groups is 1. The molecule has 0 aliphatic carbocycles. The zero-order valence-corrected chi connectivity index (χ0v) is 12.7. The van der Waals surface area contributed by atoms with Gasteiger partial charge in [0, 0.05) is 18.1 Å². The molecule has 0 aliphatic heterocycles. The van der Waals surface area contributed by atoms with Crippen LogP contribution in [0.1, 0.15) is 11.3 Å². The summed E-state index contributed by atoms with van der Waals surface area (Å²) in [4.78, 5) is 16.2. The van der Waals surface area contributed by atoms with Crippen molar-refractivity contribution in [2.75, 3.05) is 5.32 Å². The van der Waals surface area contributed by atoms with Gasteiger partial charge in [-0.1, -0.05) is 11.6 Å². The smallest absolute Gasteiger partial charge is 0.319 e. The number of aromatic nitrogens is 2. The van der Waals surface area contributed by atoms with E-state index < -0.39 is 0 Å². The zero-order valence-electron chi connectivity index (χ0n) is 12.0. The van der Waals surface area contributed by atoms with Crippen LogP contribution in [0, 0.1) is 11.3 Å². The molecule has 2 amide bonds. The zero-order chi connectivity index (χ0) is 16.2. The van der Waals surface area contributed by atoms with E-state index in [-0.39, 0.29) is 6.03 Å². The van der Waals surface area contributed by atoms with Crippen LogP contribution in [0.25, 0.3) is 5.65 Å².